The molecule has 0 aromatic carbocycles. The van der Waals surface area contributed by atoms with E-state index < -0.39 is 0 Å². The van der Waals surface area contributed by atoms with Gasteiger partial charge >= 0.3 is 0 Å². The molecule has 0 N–H and O–H groups in total. The number of ether oxygens (including phenoxy) is 2. The number of hydrogen-bond donors (Lipinski definition) is 0. The summed E-state index contributed by atoms with van der Waals surface area (Å²) in [5.74, 6) is -0.0381. The van der Waals surface area contributed by atoms with E-state index in [2.05, 4.69) is 16.1 Å². The van der Waals surface area contributed by atoms with Crippen molar-refractivity contribution in [3.8, 4) is 0 Å². The van der Waals surface area contributed by atoms with Crippen LogP contribution in [0.5, 0.6) is 0 Å². The molecule has 0 fully saturated rings. The number of Topliss-reactive ketones (excluding diaryl/α,β-unsaturated/α-hetero) is 1. The van der Waals surface area contributed by atoms with E-state index >= 15 is 0 Å². The Bertz CT molecular complexity index is 117. The maximum atomic E-state index is 10.4. The normalized spacial score (nSPS) is 8.67. The van der Waals surface area contributed by atoms with Crippen molar-refractivity contribution in [1.29, 1.82) is 0 Å². The van der Waals surface area contributed by atoms with Gasteiger partial charge in [0.25, 0.3) is 0 Å². The SMILES string of the molecule is C=C(OCOC)C(C)=O. The van der Waals surface area contributed by atoms with Crippen molar-refractivity contribution in [2.75, 3.05) is 13.9 Å². The number of rotatable bonds is 4. The molecule has 0 rings (SSSR count). The monoisotopic (exact) mass is 130 g/mol. The second-order valence-corrected chi connectivity index (χ2v) is 1.53. The summed E-state index contributed by atoms with van der Waals surface area (Å²) in [6.07, 6.45) is 0. The molecular formula is C6H10O3. The Labute approximate surface area is 54.3 Å². The summed E-state index contributed by atoms with van der Waals surface area (Å²) < 4.78 is 9.21. The van der Waals surface area contributed by atoms with Gasteiger partial charge in [0.05, 0.1) is 0 Å². The third-order valence-electron chi connectivity index (χ3n) is 0.744. The van der Waals surface area contributed by atoms with Crippen LogP contribution in [0.1, 0.15) is 6.92 Å². The van der Waals surface area contributed by atoms with Gasteiger partial charge in [-0.3, -0.25) is 4.79 Å². The Hall–Kier alpha value is -0.830. The summed E-state index contributed by atoms with van der Waals surface area (Å²) in [6, 6.07) is 0. The fourth-order valence-electron chi connectivity index (χ4n) is 0.232. The second kappa shape index (κ2) is 4.09. The number of allylic oxidation sites excluding steroid dienone is 1. The van der Waals surface area contributed by atoms with Crippen LogP contribution < -0.4 is 0 Å². The fraction of sp³-hybridized carbons (Fsp3) is 0.500. The number of hydrogen-bond acceptors (Lipinski definition) is 3. The molecule has 0 radical (unpaired) electrons. The van der Waals surface area contributed by atoms with Crippen molar-refractivity contribution in [1.82, 2.24) is 0 Å². The van der Waals surface area contributed by atoms with E-state index in [-0.39, 0.29) is 18.3 Å². The van der Waals surface area contributed by atoms with Crippen molar-refractivity contribution in [2.45, 2.75) is 6.92 Å². The van der Waals surface area contributed by atoms with Gasteiger partial charge in [-0.25, -0.2) is 0 Å². The molecule has 0 aromatic rings. The Balaban J connectivity index is 3.39. The molecule has 3 heteroatoms. The molecular weight excluding hydrogens is 120 g/mol. The highest BCUT2D eigenvalue weighted by atomic mass is 16.7. The van der Waals surface area contributed by atoms with Crippen LogP contribution in [-0.4, -0.2) is 19.7 Å². The summed E-state index contributed by atoms with van der Waals surface area (Å²) in [4.78, 5) is 10.4. The molecule has 0 aliphatic heterocycles. The van der Waals surface area contributed by atoms with Gasteiger partial charge in [-0.15, -0.1) is 0 Å². The topological polar surface area (TPSA) is 35.5 Å². The van der Waals surface area contributed by atoms with E-state index in [4.69, 9.17) is 0 Å². The van der Waals surface area contributed by atoms with Crippen LogP contribution >= 0.6 is 0 Å². The lowest BCUT2D eigenvalue weighted by Crippen LogP contribution is -2.02. The predicted octanol–water partition coefficient (Wildman–Crippen LogP) is 0.710. The lowest BCUT2D eigenvalue weighted by atomic mass is 10.4. The molecule has 0 aliphatic rings. The molecule has 0 spiro atoms. The van der Waals surface area contributed by atoms with E-state index in [1.807, 2.05) is 0 Å². The van der Waals surface area contributed by atoms with Crippen LogP contribution in [0.4, 0.5) is 0 Å². The quantitative estimate of drug-likeness (QED) is 0.319. The minimum absolute atomic E-state index is 0.0818. The van der Waals surface area contributed by atoms with Crippen molar-refractivity contribution in [3.63, 3.8) is 0 Å². The summed E-state index contributed by atoms with van der Waals surface area (Å²) >= 11 is 0. The molecule has 0 unspecified atom stereocenters. The highest BCUT2D eigenvalue weighted by molar-refractivity contribution is 5.90. The highest BCUT2D eigenvalue weighted by Gasteiger charge is 1.98. The van der Waals surface area contributed by atoms with Crippen LogP contribution in [0, 0.1) is 0 Å². The van der Waals surface area contributed by atoms with Gasteiger partial charge < -0.3 is 9.47 Å². The van der Waals surface area contributed by atoms with Gasteiger partial charge in [0, 0.05) is 14.0 Å². The lowest BCUT2D eigenvalue weighted by molar-refractivity contribution is -0.119. The molecule has 0 aromatic heterocycles. The smallest absolute Gasteiger partial charge is 0.193 e. The summed E-state index contributed by atoms with van der Waals surface area (Å²) in [5, 5.41) is 0. The molecule has 0 atom stereocenters. The minimum Gasteiger partial charge on any atom is -0.464 e. The zero-order valence-corrected chi connectivity index (χ0v) is 5.64. The molecule has 0 heterocycles. The van der Waals surface area contributed by atoms with Crippen LogP contribution in [-0.2, 0) is 14.3 Å². The average Bonchev–Trinajstić information content (AvgIpc) is 1.82. The van der Waals surface area contributed by atoms with E-state index in [0.717, 1.165) is 0 Å². The third-order valence-corrected chi connectivity index (χ3v) is 0.744. The van der Waals surface area contributed by atoms with Crippen LogP contribution in [0.15, 0.2) is 12.3 Å². The first-order valence-electron chi connectivity index (χ1n) is 2.50. The Morgan fingerprint density at radius 3 is 2.56 bits per heavy atom. The van der Waals surface area contributed by atoms with Crippen LogP contribution in [0.3, 0.4) is 0 Å². The standard InChI is InChI=1S/C6H10O3/c1-5(7)6(2)9-4-8-3/h2,4H2,1,3H3. The molecule has 52 valence electrons. The molecule has 0 amide bonds. The van der Waals surface area contributed by atoms with Crippen molar-refractivity contribution >= 4 is 5.78 Å². The third kappa shape index (κ3) is 3.73. The zero-order valence-electron chi connectivity index (χ0n) is 5.64. The maximum Gasteiger partial charge on any atom is 0.193 e. The van der Waals surface area contributed by atoms with E-state index in [9.17, 15) is 4.79 Å². The number of carbonyl (C=O) groups is 1. The Kier molecular flexibility index (Phi) is 3.71. The molecule has 0 bridgehead atoms. The summed E-state index contributed by atoms with van der Waals surface area (Å²) in [6.45, 7) is 4.81. The van der Waals surface area contributed by atoms with E-state index in [0.29, 0.717) is 0 Å². The number of methoxy groups -OCH3 is 1. The van der Waals surface area contributed by atoms with Gasteiger partial charge in [-0.2, -0.15) is 0 Å². The predicted molar refractivity (Wildman–Crippen MR) is 32.8 cm³/mol. The van der Waals surface area contributed by atoms with Gasteiger partial charge in [-0.1, -0.05) is 6.58 Å². The molecule has 0 saturated heterocycles. The summed E-state index contributed by atoms with van der Waals surface area (Å²) in [5.41, 5.74) is 0. The lowest BCUT2D eigenvalue weighted by Gasteiger charge is -2.02. The van der Waals surface area contributed by atoms with E-state index in [1.165, 1.54) is 14.0 Å². The van der Waals surface area contributed by atoms with E-state index in [1.54, 1.807) is 0 Å². The number of ketones is 1. The number of carbonyl (C=O) groups excluding carboxylic acids is 1. The Morgan fingerprint density at radius 1 is 1.67 bits per heavy atom. The van der Waals surface area contributed by atoms with Gasteiger partial charge in [0.1, 0.15) is 0 Å². The minimum atomic E-state index is -0.174. The maximum absolute atomic E-state index is 10.4. The van der Waals surface area contributed by atoms with Crippen molar-refractivity contribution in [2.24, 2.45) is 0 Å². The summed E-state index contributed by atoms with van der Waals surface area (Å²) in [7, 11) is 1.48. The largest absolute Gasteiger partial charge is 0.464 e. The van der Waals surface area contributed by atoms with Crippen LogP contribution in [0.2, 0.25) is 0 Å². The zero-order chi connectivity index (χ0) is 7.28. The Morgan fingerprint density at radius 2 is 2.22 bits per heavy atom. The van der Waals surface area contributed by atoms with Crippen LogP contribution in [0.25, 0.3) is 0 Å². The first-order valence-corrected chi connectivity index (χ1v) is 2.50. The van der Waals surface area contributed by atoms with Crippen molar-refractivity contribution < 1.29 is 14.3 Å². The molecule has 0 aliphatic carbocycles. The molecule has 9 heavy (non-hydrogen) atoms. The van der Waals surface area contributed by atoms with Gasteiger partial charge in [0.2, 0.25) is 0 Å². The second-order valence-electron chi connectivity index (χ2n) is 1.53. The van der Waals surface area contributed by atoms with Gasteiger partial charge in [-0.05, 0) is 0 Å². The van der Waals surface area contributed by atoms with Crippen molar-refractivity contribution in [3.05, 3.63) is 12.3 Å². The first-order chi connectivity index (χ1) is 4.18. The van der Waals surface area contributed by atoms with Gasteiger partial charge in [0.15, 0.2) is 18.3 Å². The first kappa shape index (κ1) is 8.17. The highest BCUT2D eigenvalue weighted by Crippen LogP contribution is 1.92. The fourth-order valence-corrected chi connectivity index (χ4v) is 0.232. The molecule has 0 saturated carbocycles. The molecule has 3 nitrogen and oxygen atoms in total. The average molecular weight is 130 g/mol.